The molecule has 0 amide bonds. The highest BCUT2D eigenvalue weighted by molar-refractivity contribution is 14.1. The summed E-state index contributed by atoms with van der Waals surface area (Å²) in [7, 11) is -1.70. The summed E-state index contributed by atoms with van der Waals surface area (Å²) < 4.78 is 11.8. The van der Waals surface area contributed by atoms with E-state index >= 15 is 0 Å². The Bertz CT molecular complexity index is 226. The first-order valence-electron chi connectivity index (χ1n) is 5.56. The molecule has 0 saturated carbocycles. The fraction of sp³-hybridized carbons (Fsp3) is 0.833. The number of hydrogen-bond acceptors (Lipinski definition) is 0. The molecule has 88 valence electrons. The standard InChI is InChI=1S/C12H22FISi/c1-9(2)15(10(3)4,11(5)6)8-7-12(13)14/h9-12H,1-6H3. The van der Waals surface area contributed by atoms with Crippen LogP contribution in [-0.2, 0) is 0 Å². The van der Waals surface area contributed by atoms with Gasteiger partial charge in [-0.3, -0.25) is 0 Å². The van der Waals surface area contributed by atoms with Gasteiger partial charge >= 0.3 is 0 Å². The van der Waals surface area contributed by atoms with Crippen LogP contribution in [0.15, 0.2) is 0 Å². The number of rotatable bonds is 3. The molecule has 0 heterocycles. The van der Waals surface area contributed by atoms with Crippen LogP contribution in [0.3, 0.4) is 0 Å². The number of hydrogen-bond donors (Lipinski definition) is 0. The molecule has 0 aromatic rings. The molecule has 0 aromatic heterocycles. The third-order valence-corrected chi connectivity index (χ3v) is 9.88. The van der Waals surface area contributed by atoms with Crippen molar-refractivity contribution < 1.29 is 4.39 Å². The van der Waals surface area contributed by atoms with Crippen molar-refractivity contribution in [2.45, 2.75) is 62.3 Å². The van der Waals surface area contributed by atoms with E-state index in [2.05, 4.69) is 53.0 Å². The van der Waals surface area contributed by atoms with Gasteiger partial charge in [0.05, 0.1) is 0 Å². The van der Waals surface area contributed by atoms with Crippen LogP contribution < -0.4 is 0 Å². The molecular weight excluding hydrogens is 318 g/mol. The third kappa shape index (κ3) is 3.74. The van der Waals surface area contributed by atoms with E-state index in [9.17, 15) is 4.39 Å². The minimum absolute atomic E-state index is 0.583. The Labute approximate surface area is 109 Å². The molecule has 1 atom stereocenters. The Balaban J connectivity index is 5.27. The third-order valence-electron chi connectivity index (χ3n) is 3.26. The highest BCUT2D eigenvalue weighted by atomic mass is 127. The van der Waals surface area contributed by atoms with Gasteiger partial charge in [0.1, 0.15) is 8.07 Å². The lowest BCUT2D eigenvalue weighted by Gasteiger charge is -2.38. The second-order valence-corrected chi connectivity index (χ2v) is 11.6. The number of halogens is 2. The molecule has 0 rings (SSSR count). The van der Waals surface area contributed by atoms with E-state index in [1.54, 1.807) is 22.6 Å². The van der Waals surface area contributed by atoms with Gasteiger partial charge < -0.3 is 0 Å². The zero-order chi connectivity index (χ0) is 12.2. The summed E-state index contributed by atoms with van der Waals surface area (Å²) in [5.41, 5.74) is 5.09. The van der Waals surface area contributed by atoms with Crippen LogP contribution in [0.4, 0.5) is 4.39 Å². The van der Waals surface area contributed by atoms with Gasteiger partial charge in [0.25, 0.3) is 0 Å². The van der Waals surface area contributed by atoms with Crippen LogP contribution >= 0.6 is 22.6 Å². The Kier molecular flexibility index (Phi) is 6.42. The molecular formula is C12H22FISi. The molecule has 0 aliphatic heterocycles. The molecule has 0 fully saturated rings. The van der Waals surface area contributed by atoms with E-state index in [0.29, 0.717) is 16.6 Å². The molecule has 3 heteroatoms. The smallest absolute Gasteiger partial charge is 0.210 e. The zero-order valence-corrected chi connectivity index (χ0v) is 13.7. The summed E-state index contributed by atoms with van der Waals surface area (Å²) in [6.07, 6.45) is 0. The van der Waals surface area contributed by atoms with Crippen LogP contribution in [0, 0.1) is 11.5 Å². The van der Waals surface area contributed by atoms with Gasteiger partial charge in [-0.25, -0.2) is 4.39 Å². The molecule has 0 spiro atoms. The maximum Gasteiger partial charge on any atom is 0.210 e. The lowest BCUT2D eigenvalue weighted by atomic mass is 10.5. The minimum atomic E-state index is -1.70. The first-order valence-corrected chi connectivity index (χ1v) is 9.03. The van der Waals surface area contributed by atoms with Crippen molar-refractivity contribution in [2.75, 3.05) is 0 Å². The van der Waals surface area contributed by atoms with E-state index in [0.717, 1.165) is 0 Å². The lowest BCUT2D eigenvalue weighted by molar-refractivity contribution is 0.551. The van der Waals surface area contributed by atoms with Gasteiger partial charge in [-0.05, 0) is 39.2 Å². The minimum Gasteiger partial charge on any atom is -0.222 e. The normalized spacial score (nSPS) is 14.3. The summed E-state index contributed by atoms with van der Waals surface area (Å²) in [6.45, 7) is 13.4. The average molecular weight is 340 g/mol. The maximum absolute atomic E-state index is 12.9. The van der Waals surface area contributed by atoms with Gasteiger partial charge in [-0.15, -0.1) is 5.54 Å². The molecule has 0 bridgehead atoms. The first-order chi connectivity index (χ1) is 6.75. The average Bonchev–Trinajstić information content (AvgIpc) is 2.02. The van der Waals surface area contributed by atoms with Gasteiger partial charge in [0.2, 0.25) is 4.18 Å². The molecule has 0 aromatic carbocycles. The van der Waals surface area contributed by atoms with Crippen LogP contribution in [0.25, 0.3) is 0 Å². The van der Waals surface area contributed by atoms with Crippen molar-refractivity contribution >= 4 is 30.7 Å². The van der Waals surface area contributed by atoms with Crippen molar-refractivity contribution in [1.29, 1.82) is 0 Å². The molecule has 0 radical (unpaired) electrons. The van der Waals surface area contributed by atoms with E-state index in [4.69, 9.17) is 0 Å². The molecule has 0 saturated heterocycles. The SMILES string of the molecule is CC(C)[Si](C#CC(F)I)(C(C)C)C(C)C. The largest absolute Gasteiger partial charge is 0.222 e. The Morgan fingerprint density at radius 3 is 1.47 bits per heavy atom. The summed E-state index contributed by atoms with van der Waals surface area (Å²) in [4.78, 5) is 0. The summed E-state index contributed by atoms with van der Waals surface area (Å²) in [5, 5.41) is 0. The van der Waals surface area contributed by atoms with Crippen molar-refractivity contribution in [1.82, 2.24) is 0 Å². The van der Waals surface area contributed by atoms with Crippen LogP contribution in [0.2, 0.25) is 16.6 Å². The first kappa shape index (κ1) is 15.4. The molecule has 1 unspecified atom stereocenters. The summed E-state index contributed by atoms with van der Waals surface area (Å²) in [6, 6.07) is 0. The predicted molar refractivity (Wildman–Crippen MR) is 77.7 cm³/mol. The molecule has 0 N–H and O–H groups in total. The maximum atomic E-state index is 12.9. The summed E-state index contributed by atoms with van der Waals surface area (Å²) >= 11 is 1.73. The van der Waals surface area contributed by atoms with E-state index in [1.165, 1.54) is 0 Å². The quantitative estimate of drug-likeness (QED) is 0.295. The van der Waals surface area contributed by atoms with Gasteiger partial charge in [-0.2, -0.15) is 0 Å². The van der Waals surface area contributed by atoms with Crippen LogP contribution in [0.1, 0.15) is 41.5 Å². The topological polar surface area (TPSA) is 0 Å². The zero-order valence-electron chi connectivity index (χ0n) is 10.6. The van der Waals surface area contributed by atoms with E-state index in [-0.39, 0.29) is 0 Å². The van der Waals surface area contributed by atoms with E-state index < -0.39 is 12.3 Å². The van der Waals surface area contributed by atoms with E-state index in [1.807, 2.05) is 0 Å². The highest BCUT2D eigenvalue weighted by Crippen LogP contribution is 2.40. The Morgan fingerprint density at radius 2 is 1.27 bits per heavy atom. The number of alkyl halides is 2. The second-order valence-electron chi connectivity index (χ2n) is 4.97. The van der Waals surface area contributed by atoms with Crippen molar-refractivity contribution in [2.24, 2.45) is 0 Å². The van der Waals surface area contributed by atoms with Gasteiger partial charge in [0.15, 0.2) is 0 Å². The fourth-order valence-electron chi connectivity index (χ4n) is 2.61. The monoisotopic (exact) mass is 340 g/mol. The molecule has 0 aliphatic rings. The van der Waals surface area contributed by atoms with Gasteiger partial charge in [-0.1, -0.05) is 47.5 Å². The molecule has 15 heavy (non-hydrogen) atoms. The highest BCUT2D eigenvalue weighted by Gasteiger charge is 2.41. The van der Waals surface area contributed by atoms with Crippen molar-refractivity contribution in [3.8, 4) is 11.5 Å². The Morgan fingerprint density at radius 1 is 0.933 bits per heavy atom. The Hall–Kier alpha value is 0.437. The molecule has 0 nitrogen and oxygen atoms in total. The summed E-state index contributed by atoms with van der Waals surface area (Å²) in [5.74, 6) is 2.76. The van der Waals surface area contributed by atoms with Crippen molar-refractivity contribution in [3.63, 3.8) is 0 Å². The molecule has 0 aliphatic carbocycles. The lowest BCUT2D eigenvalue weighted by Crippen LogP contribution is -2.43. The fourth-order valence-corrected chi connectivity index (χ4v) is 8.30. The van der Waals surface area contributed by atoms with Crippen molar-refractivity contribution in [3.05, 3.63) is 0 Å². The van der Waals surface area contributed by atoms with Crippen LogP contribution in [-0.4, -0.2) is 12.3 Å². The van der Waals surface area contributed by atoms with Crippen LogP contribution in [0.5, 0.6) is 0 Å². The van der Waals surface area contributed by atoms with Gasteiger partial charge in [0, 0.05) is 0 Å². The predicted octanol–water partition coefficient (Wildman–Crippen LogP) is 4.94. The second kappa shape index (κ2) is 6.24.